The Morgan fingerprint density at radius 1 is 1.60 bits per heavy atom. The smallest absolute Gasteiger partial charge is 0.223 e. The van der Waals surface area contributed by atoms with E-state index in [1.807, 2.05) is 7.05 Å². The molecular weight excluding hydrogens is 212 g/mol. The number of hydrogen-bond donors (Lipinski definition) is 1. The third-order valence-electron chi connectivity index (χ3n) is 2.87. The first-order valence-electron chi connectivity index (χ1n) is 5.07. The summed E-state index contributed by atoms with van der Waals surface area (Å²) in [6.45, 7) is 3.27. The van der Waals surface area contributed by atoms with Crippen molar-refractivity contribution >= 4 is 23.4 Å². The molecule has 1 aromatic rings. The van der Waals surface area contributed by atoms with Crippen LogP contribution < -0.4 is 10.6 Å². The number of rotatable bonds is 3. The molecule has 0 radical (unpaired) electrons. The third kappa shape index (κ3) is 2.50. The van der Waals surface area contributed by atoms with Crippen LogP contribution in [-0.4, -0.2) is 23.6 Å². The van der Waals surface area contributed by atoms with Gasteiger partial charge in [0.15, 0.2) is 0 Å². The van der Waals surface area contributed by atoms with Crippen molar-refractivity contribution in [1.82, 2.24) is 9.97 Å². The van der Waals surface area contributed by atoms with E-state index in [1.54, 1.807) is 6.07 Å². The first-order valence-corrected chi connectivity index (χ1v) is 5.45. The van der Waals surface area contributed by atoms with Crippen LogP contribution in [0, 0.1) is 11.8 Å². The summed E-state index contributed by atoms with van der Waals surface area (Å²) in [6.07, 6.45) is 1.30. The Morgan fingerprint density at radius 2 is 2.27 bits per heavy atom. The average molecular weight is 227 g/mol. The molecule has 15 heavy (non-hydrogen) atoms. The van der Waals surface area contributed by atoms with Gasteiger partial charge in [0.1, 0.15) is 11.0 Å². The van der Waals surface area contributed by atoms with Crippen LogP contribution in [0.25, 0.3) is 0 Å². The van der Waals surface area contributed by atoms with Gasteiger partial charge >= 0.3 is 0 Å². The van der Waals surface area contributed by atoms with E-state index in [1.165, 1.54) is 6.42 Å². The summed E-state index contributed by atoms with van der Waals surface area (Å²) in [5.74, 6) is 2.65. The zero-order valence-electron chi connectivity index (χ0n) is 8.94. The predicted octanol–water partition coefficient (Wildman–Crippen LogP) is 1.80. The number of nitrogens with two attached hydrogens (primary N) is 1. The van der Waals surface area contributed by atoms with Crippen molar-refractivity contribution in [1.29, 1.82) is 0 Å². The number of aromatic nitrogens is 2. The van der Waals surface area contributed by atoms with Crippen LogP contribution in [0.1, 0.15) is 13.3 Å². The second kappa shape index (κ2) is 3.85. The number of nitrogens with zero attached hydrogens (tertiary/aromatic N) is 3. The fourth-order valence-electron chi connectivity index (χ4n) is 1.72. The van der Waals surface area contributed by atoms with E-state index in [0.717, 1.165) is 24.2 Å². The third-order valence-corrected chi connectivity index (χ3v) is 3.07. The van der Waals surface area contributed by atoms with E-state index < -0.39 is 0 Å². The van der Waals surface area contributed by atoms with Crippen molar-refractivity contribution in [2.75, 3.05) is 24.2 Å². The lowest BCUT2D eigenvalue weighted by Crippen LogP contribution is -2.22. The Hall–Kier alpha value is -1.03. The standard InChI is InChI=1S/C10H15ClN4/c1-6-3-7(6)5-15(2)9-4-8(11)13-10(12)14-9/h4,6-7H,3,5H2,1-2H3,(H2,12,13,14). The van der Waals surface area contributed by atoms with Gasteiger partial charge in [-0.3, -0.25) is 0 Å². The first-order chi connectivity index (χ1) is 7.06. The quantitative estimate of drug-likeness (QED) is 0.799. The van der Waals surface area contributed by atoms with Crippen LogP contribution >= 0.6 is 11.6 Å². The van der Waals surface area contributed by atoms with Crippen LogP contribution in [0.5, 0.6) is 0 Å². The second-order valence-corrected chi connectivity index (χ2v) is 4.65. The first kappa shape index (κ1) is 10.5. The van der Waals surface area contributed by atoms with Crippen molar-refractivity contribution in [3.8, 4) is 0 Å². The van der Waals surface area contributed by atoms with Crippen LogP contribution in [0.2, 0.25) is 5.15 Å². The molecule has 0 bridgehead atoms. The van der Waals surface area contributed by atoms with Gasteiger partial charge in [-0.2, -0.15) is 4.98 Å². The van der Waals surface area contributed by atoms with Gasteiger partial charge in [-0.25, -0.2) is 4.98 Å². The van der Waals surface area contributed by atoms with Crippen LogP contribution in [0.3, 0.4) is 0 Å². The molecule has 5 heteroatoms. The van der Waals surface area contributed by atoms with Gasteiger partial charge in [0.05, 0.1) is 0 Å². The molecule has 0 saturated heterocycles. The molecule has 2 rings (SSSR count). The molecule has 2 N–H and O–H groups in total. The number of nitrogen functional groups attached to an aromatic ring is 1. The van der Waals surface area contributed by atoms with Gasteiger partial charge in [-0.1, -0.05) is 18.5 Å². The summed E-state index contributed by atoms with van der Waals surface area (Å²) in [6, 6.07) is 1.74. The largest absolute Gasteiger partial charge is 0.368 e. The Balaban J connectivity index is 2.07. The molecule has 82 valence electrons. The molecule has 1 fully saturated rings. The number of hydrogen-bond acceptors (Lipinski definition) is 4. The maximum atomic E-state index is 5.82. The van der Waals surface area contributed by atoms with Gasteiger partial charge in [-0.15, -0.1) is 0 Å². The van der Waals surface area contributed by atoms with Crippen molar-refractivity contribution < 1.29 is 0 Å². The minimum atomic E-state index is 0.230. The summed E-state index contributed by atoms with van der Waals surface area (Å²) in [7, 11) is 2.00. The SMILES string of the molecule is CC1CC1CN(C)c1cc(Cl)nc(N)n1. The van der Waals surface area contributed by atoms with E-state index in [4.69, 9.17) is 17.3 Å². The maximum absolute atomic E-state index is 5.82. The van der Waals surface area contributed by atoms with E-state index >= 15 is 0 Å². The Kier molecular flexibility index (Phi) is 2.69. The molecule has 1 aliphatic carbocycles. The topological polar surface area (TPSA) is 55.0 Å². The molecule has 1 heterocycles. The highest BCUT2D eigenvalue weighted by Gasteiger charge is 2.33. The molecule has 0 aromatic carbocycles. The average Bonchev–Trinajstić information content (AvgIpc) is 2.79. The molecule has 1 aromatic heterocycles. The fraction of sp³-hybridized carbons (Fsp3) is 0.600. The van der Waals surface area contributed by atoms with E-state index in [9.17, 15) is 0 Å². The zero-order chi connectivity index (χ0) is 11.0. The molecule has 4 nitrogen and oxygen atoms in total. The lowest BCUT2D eigenvalue weighted by molar-refractivity contribution is 0.719. The molecule has 2 atom stereocenters. The summed E-state index contributed by atoms with van der Waals surface area (Å²) < 4.78 is 0. The Labute approximate surface area is 94.5 Å². The highest BCUT2D eigenvalue weighted by Crippen LogP contribution is 2.38. The van der Waals surface area contributed by atoms with Crippen LogP contribution in [0.15, 0.2) is 6.07 Å². The monoisotopic (exact) mass is 226 g/mol. The van der Waals surface area contributed by atoms with Crippen LogP contribution in [0.4, 0.5) is 11.8 Å². The van der Waals surface area contributed by atoms with Gasteiger partial charge < -0.3 is 10.6 Å². The summed E-state index contributed by atoms with van der Waals surface area (Å²) in [4.78, 5) is 10.1. The van der Waals surface area contributed by atoms with Crippen molar-refractivity contribution in [3.05, 3.63) is 11.2 Å². The minimum Gasteiger partial charge on any atom is -0.368 e. The summed E-state index contributed by atoms with van der Waals surface area (Å²) in [5, 5.41) is 0.396. The maximum Gasteiger partial charge on any atom is 0.223 e. The molecule has 1 aliphatic rings. The van der Waals surface area contributed by atoms with Crippen molar-refractivity contribution in [2.45, 2.75) is 13.3 Å². The summed E-state index contributed by atoms with van der Waals surface area (Å²) >= 11 is 5.82. The molecule has 0 spiro atoms. The lowest BCUT2D eigenvalue weighted by atomic mass is 10.3. The number of anilines is 2. The number of halogens is 1. The normalized spacial score (nSPS) is 23.9. The molecular formula is C10H15ClN4. The highest BCUT2D eigenvalue weighted by atomic mass is 35.5. The predicted molar refractivity (Wildman–Crippen MR) is 62.0 cm³/mol. The molecule has 1 saturated carbocycles. The minimum absolute atomic E-state index is 0.230. The van der Waals surface area contributed by atoms with Gasteiger partial charge in [0.2, 0.25) is 5.95 Å². The highest BCUT2D eigenvalue weighted by molar-refractivity contribution is 6.29. The van der Waals surface area contributed by atoms with E-state index in [-0.39, 0.29) is 5.95 Å². The van der Waals surface area contributed by atoms with E-state index in [2.05, 4.69) is 21.8 Å². The molecule has 0 amide bonds. The fourth-order valence-corrected chi connectivity index (χ4v) is 1.90. The van der Waals surface area contributed by atoms with Crippen molar-refractivity contribution in [3.63, 3.8) is 0 Å². The lowest BCUT2D eigenvalue weighted by Gasteiger charge is -2.18. The molecule has 0 aliphatic heterocycles. The van der Waals surface area contributed by atoms with Gasteiger partial charge in [0.25, 0.3) is 0 Å². The zero-order valence-corrected chi connectivity index (χ0v) is 9.70. The summed E-state index contributed by atoms with van der Waals surface area (Å²) in [5.41, 5.74) is 5.54. The van der Waals surface area contributed by atoms with E-state index in [0.29, 0.717) is 5.15 Å². The second-order valence-electron chi connectivity index (χ2n) is 4.26. The van der Waals surface area contributed by atoms with Gasteiger partial charge in [-0.05, 0) is 18.3 Å². The van der Waals surface area contributed by atoms with Crippen LogP contribution in [-0.2, 0) is 0 Å². The van der Waals surface area contributed by atoms with Crippen molar-refractivity contribution in [2.24, 2.45) is 11.8 Å². The van der Waals surface area contributed by atoms with Gasteiger partial charge in [0, 0.05) is 19.7 Å². The Morgan fingerprint density at radius 3 is 2.80 bits per heavy atom. The Bertz CT molecular complexity index is 348. The molecule has 2 unspecified atom stereocenters.